The standard InChI is InChI=1S/C8H6N4OS/c13-7-6(11-12-8(14)10-7)5-3-1-2-4-9-5/h1-4H,(H2,10,12,13,14). The minimum Gasteiger partial charge on any atom is -0.296 e. The van der Waals surface area contributed by atoms with Crippen LogP contribution in [0.4, 0.5) is 0 Å². The summed E-state index contributed by atoms with van der Waals surface area (Å²) in [6.45, 7) is 0. The predicted molar refractivity (Wildman–Crippen MR) is 53.3 cm³/mol. The Bertz CT molecular complexity index is 545. The van der Waals surface area contributed by atoms with Gasteiger partial charge in [-0.1, -0.05) is 6.07 Å². The molecule has 0 aromatic carbocycles. The van der Waals surface area contributed by atoms with Crippen molar-refractivity contribution in [3.63, 3.8) is 0 Å². The maximum atomic E-state index is 11.4. The van der Waals surface area contributed by atoms with Crippen molar-refractivity contribution in [1.82, 2.24) is 20.2 Å². The lowest BCUT2D eigenvalue weighted by atomic mass is 10.3. The van der Waals surface area contributed by atoms with Gasteiger partial charge in [-0.2, -0.15) is 5.10 Å². The van der Waals surface area contributed by atoms with Gasteiger partial charge in [0, 0.05) is 6.20 Å². The lowest BCUT2D eigenvalue weighted by Gasteiger charge is -1.95. The summed E-state index contributed by atoms with van der Waals surface area (Å²) in [4.78, 5) is 17.8. The molecule has 2 aromatic rings. The van der Waals surface area contributed by atoms with Gasteiger partial charge in [-0.25, -0.2) is 0 Å². The van der Waals surface area contributed by atoms with Gasteiger partial charge in [0.1, 0.15) is 0 Å². The third-order valence-electron chi connectivity index (χ3n) is 1.62. The first-order chi connectivity index (χ1) is 6.77. The molecule has 0 bridgehead atoms. The highest BCUT2D eigenvalue weighted by Crippen LogP contribution is 2.05. The summed E-state index contributed by atoms with van der Waals surface area (Å²) in [5, 5.41) is 6.32. The Labute approximate surface area is 83.9 Å². The van der Waals surface area contributed by atoms with E-state index < -0.39 is 0 Å². The molecule has 2 heterocycles. The Kier molecular flexibility index (Phi) is 2.19. The molecule has 0 aliphatic heterocycles. The smallest absolute Gasteiger partial charge is 0.280 e. The SMILES string of the molecule is O=c1[nH]c(=S)[nH]nc1-c1ccccn1. The Morgan fingerprint density at radius 3 is 2.86 bits per heavy atom. The number of hydrogen-bond acceptors (Lipinski definition) is 4. The van der Waals surface area contributed by atoms with Crippen LogP contribution in [-0.4, -0.2) is 20.2 Å². The second-order valence-electron chi connectivity index (χ2n) is 2.57. The Morgan fingerprint density at radius 2 is 2.21 bits per heavy atom. The number of nitrogens with one attached hydrogen (secondary N) is 2. The number of pyridine rings is 1. The molecule has 5 nitrogen and oxygen atoms in total. The van der Waals surface area contributed by atoms with E-state index in [1.54, 1.807) is 24.4 Å². The van der Waals surface area contributed by atoms with Crippen LogP contribution in [0.1, 0.15) is 0 Å². The number of aromatic amines is 2. The van der Waals surface area contributed by atoms with Crippen LogP contribution in [0.15, 0.2) is 29.2 Å². The third kappa shape index (κ3) is 1.60. The number of rotatable bonds is 1. The van der Waals surface area contributed by atoms with Gasteiger partial charge >= 0.3 is 0 Å². The molecule has 0 saturated heterocycles. The van der Waals surface area contributed by atoms with Crippen LogP contribution in [0.25, 0.3) is 11.4 Å². The molecule has 14 heavy (non-hydrogen) atoms. The molecular formula is C8H6N4OS. The summed E-state index contributed by atoms with van der Waals surface area (Å²) >= 11 is 4.72. The van der Waals surface area contributed by atoms with Crippen molar-refractivity contribution in [2.24, 2.45) is 0 Å². The van der Waals surface area contributed by atoms with Crippen LogP contribution in [0.3, 0.4) is 0 Å². The van der Waals surface area contributed by atoms with Crippen LogP contribution in [0.2, 0.25) is 0 Å². The van der Waals surface area contributed by atoms with E-state index in [0.717, 1.165) is 0 Å². The Morgan fingerprint density at radius 1 is 1.36 bits per heavy atom. The van der Waals surface area contributed by atoms with Crippen molar-refractivity contribution in [3.8, 4) is 11.4 Å². The van der Waals surface area contributed by atoms with Gasteiger partial charge in [-0.3, -0.25) is 19.9 Å². The van der Waals surface area contributed by atoms with Gasteiger partial charge in [-0.15, -0.1) is 0 Å². The van der Waals surface area contributed by atoms with Crippen LogP contribution < -0.4 is 5.56 Å². The lowest BCUT2D eigenvalue weighted by molar-refractivity contribution is 0.926. The van der Waals surface area contributed by atoms with E-state index in [9.17, 15) is 4.79 Å². The zero-order valence-electron chi connectivity index (χ0n) is 7.02. The molecule has 0 aliphatic carbocycles. The molecule has 0 spiro atoms. The van der Waals surface area contributed by atoms with Gasteiger partial charge < -0.3 is 0 Å². The molecule has 2 aromatic heterocycles. The Balaban J connectivity index is 2.64. The molecule has 0 saturated carbocycles. The van der Waals surface area contributed by atoms with E-state index in [0.29, 0.717) is 5.69 Å². The second kappa shape index (κ2) is 3.51. The summed E-state index contributed by atoms with van der Waals surface area (Å²) in [6, 6.07) is 5.25. The first kappa shape index (κ1) is 8.76. The van der Waals surface area contributed by atoms with E-state index in [2.05, 4.69) is 20.2 Å². The zero-order valence-corrected chi connectivity index (χ0v) is 7.84. The van der Waals surface area contributed by atoms with Gasteiger partial charge in [0.15, 0.2) is 10.5 Å². The second-order valence-corrected chi connectivity index (χ2v) is 2.98. The molecular weight excluding hydrogens is 200 g/mol. The van der Waals surface area contributed by atoms with Crippen molar-refractivity contribution in [2.45, 2.75) is 0 Å². The van der Waals surface area contributed by atoms with Crippen molar-refractivity contribution in [1.29, 1.82) is 0 Å². The topological polar surface area (TPSA) is 74.4 Å². The highest BCUT2D eigenvalue weighted by molar-refractivity contribution is 7.71. The van der Waals surface area contributed by atoms with Crippen LogP contribution in [-0.2, 0) is 0 Å². The molecule has 70 valence electrons. The molecule has 0 unspecified atom stereocenters. The van der Waals surface area contributed by atoms with Gasteiger partial charge in [0.2, 0.25) is 0 Å². The van der Waals surface area contributed by atoms with Gasteiger partial charge in [0.25, 0.3) is 5.56 Å². The molecule has 0 fully saturated rings. The number of hydrogen-bond donors (Lipinski definition) is 2. The molecule has 0 amide bonds. The maximum Gasteiger partial charge on any atom is 0.280 e. The van der Waals surface area contributed by atoms with E-state index in [1.807, 2.05) is 0 Å². The van der Waals surface area contributed by atoms with E-state index in [-0.39, 0.29) is 16.0 Å². The number of aromatic nitrogens is 4. The fourth-order valence-electron chi connectivity index (χ4n) is 1.02. The predicted octanol–water partition coefficient (Wildman–Crippen LogP) is 0.889. The molecule has 2 N–H and O–H groups in total. The van der Waals surface area contributed by atoms with Gasteiger partial charge in [0.05, 0.1) is 5.69 Å². The van der Waals surface area contributed by atoms with Crippen molar-refractivity contribution >= 4 is 12.2 Å². The minimum atomic E-state index is -0.340. The van der Waals surface area contributed by atoms with Crippen LogP contribution >= 0.6 is 12.2 Å². The monoisotopic (exact) mass is 206 g/mol. The average molecular weight is 206 g/mol. The highest BCUT2D eigenvalue weighted by atomic mass is 32.1. The van der Waals surface area contributed by atoms with Crippen molar-refractivity contribution < 1.29 is 0 Å². The summed E-state index contributed by atoms with van der Waals surface area (Å²) in [5.74, 6) is 0. The fourth-order valence-corrected chi connectivity index (χ4v) is 1.16. The number of nitrogens with zero attached hydrogens (tertiary/aromatic N) is 2. The molecule has 6 heteroatoms. The van der Waals surface area contributed by atoms with E-state index in [4.69, 9.17) is 12.2 Å². The van der Waals surface area contributed by atoms with Crippen molar-refractivity contribution in [2.75, 3.05) is 0 Å². The summed E-state index contributed by atoms with van der Waals surface area (Å²) < 4.78 is 0.203. The molecule has 0 aliphatic rings. The minimum absolute atomic E-state index is 0.203. The fraction of sp³-hybridized carbons (Fsp3) is 0. The van der Waals surface area contributed by atoms with E-state index >= 15 is 0 Å². The molecule has 0 atom stereocenters. The summed E-state index contributed by atoms with van der Waals surface area (Å²) in [7, 11) is 0. The van der Waals surface area contributed by atoms with Crippen LogP contribution in [0, 0.1) is 4.77 Å². The largest absolute Gasteiger partial charge is 0.296 e. The Hall–Kier alpha value is -1.82. The molecule has 2 rings (SSSR count). The lowest BCUT2D eigenvalue weighted by Crippen LogP contribution is -2.13. The molecule has 0 radical (unpaired) electrons. The quantitative estimate of drug-likeness (QED) is 0.679. The van der Waals surface area contributed by atoms with E-state index in [1.165, 1.54) is 0 Å². The van der Waals surface area contributed by atoms with Crippen LogP contribution in [0.5, 0.6) is 0 Å². The summed E-state index contributed by atoms with van der Waals surface area (Å²) in [6.07, 6.45) is 1.60. The maximum absolute atomic E-state index is 11.4. The van der Waals surface area contributed by atoms with Crippen molar-refractivity contribution in [3.05, 3.63) is 39.5 Å². The average Bonchev–Trinajstić information content (AvgIpc) is 2.19. The number of H-pyrrole nitrogens is 2. The highest BCUT2D eigenvalue weighted by Gasteiger charge is 2.04. The first-order valence-electron chi connectivity index (χ1n) is 3.88. The zero-order chi connectivity index (χ0) is 9.97. The third-order valence-corrected chi connectivity index (χ3v) is 1.81. The first-order valence-corrected chi connectivity index (χ1v) is 4.28. The van der Waals surface area contributed by atoms with Gasteiger partial charge in [-0.05, 0) is 24.4 Å². The normalized spacial score (nSPS) is 10.0. The summed E-state index contributed by atoms with van der Waals surface area (Å²) in [5.41, 5.74) is 0.409.